The lowest BCUT2D eigenvalue weighted by Gasteiger charge is -2.18. The fourth-order valence-corrected chi connectivity index (χ4v) is 5.11. The number of nitrogens with zero attached hydrogens (tertiary/aromatic N) is 1. The molecule has 0 spiro atoms. The minimum Gasteiger partial charge on any atom is -0.355 e. The molecule has 24 heavy (non-hydrogen) atoms. The van der Waals surface area contributed by atoms with Gasteiger partial charge in [-0.05, 0) is 50.7 Å². The number of thioether (sulfide) groups is 2. The third-order valence-corrected chi connectivity index (χ3v) is 6.63. The summed E-state index contributed by atoms with van der Waals surface area (Å²) >= 11 is 3.29. The predicted molar refractivity (Wildman–Crippen MR) is 106 cm³/mol. The second-order valence-corrected chi connectivity index (χ2v) is 8.76. The number of benzene rings is 1. The number of hydrogen-bond donors (Lipinski definition) is 1. The molecule has 0 saturated heterocycles. The van der Waals surface area contributed by atoms with Crippen LogP contribution < -0.4 is 5.32 Å². The van der Waals surface area contributed by atoms with Crippen molar-refractivity contribution in [1.29, 1.82) is 0 Å². The molecule has 1 aliphatic carbocycles. The topological polar surface area (TPSA) is 41.5 Å². The normalized spacial score (nSPS) is 18.2. The standard InChI is InChI=1S/C19H24N2OS2/c1-14(18(22)20-12-11-15-7-3-2-4-8-15)24-19-21-17-10-6-5-9-16(17)13-23-19/h5-7,9-10,14H,2-4,8,11-13H2,1H3,(H,20,22)/t14-/m1/s1. The number of allylic oxidation sites excluding steroid dienone is 1. The summed E-state index contributed by atoms with van der Waals surface area (Å²) in [5.41, 5.74) is 3.81. The van der Waals surface area contributed by atoms with Gasteiger partial charge < -0.3 is 5.32 Å². The minimum atomic E-state index is -0.109. The summed E-state index contributed by atoms with van der Waals surface area (Å²) in [6.07, 6.45) is 8.35. The summed E-state index contributed by atoms with van der Waals surface area (Å²) < 4.78 is 0.992. The van der Waals surface area contributed by atoms with Crippen molar-refractivity contribution in [2.24, 2.45) is 4.99 Å². The summed E-state index contributed by atoms with van der Waals surface area (Å²) in [6, 6.07) is 8.21. The SMILES string of the molecule is C[C@@H](SC1=Nc2ccccc2CS1)C(=O)NCCC1=CCCCC1. The summed E-state index contributed by atoms with van der Waals surface area (Å²) in [7, 11) is 0. The van der Waals surface area contributed by atoms with Gasteiger partial charge in [0, 0.05) is 12.3 Å². The molecule has 0 saturated carbocycles. The van der Waals surface area contributed by atoms with Gasteiger partial charge in [0.05, 0.1) is 10.9 Å². The van der Waals surface area contributed by atoms with E-state index in [1.165, 1.54) is 36.8 Å². The summed E-state index contributed by atoms with van der Waals surface area (Å²) in [5, 5.41) is 2.96. The highest BCUT2D eigenvalue weighted by atomic mass is 32.2. The van der Waals surface area contributed by atoms with Crippen molar-refractivity contribution in [3.63, 3.8) is 0 Å². The second-order valence-electron chi connectivity index (χ2n) is 6.20. The van der Waals surface area contributed by atoms with E-state index in [1.807, 2.05) is 25.1 Å². The van der Waals surface area contributed by atoms with E-state index in [4.69, 9.17) is 0 Å². The molecule has 0 aromatic heterocycles. The van der Waals surface area contributed by atoms with Crippen LogP contribution in [0, 0.1) is 0 Å². The fraction of sp³-hybridized carbons (Fsp3) is 0.474. The van der Waals surface area contributed by atoms with Gasteiger partial charge >= 0.3 is 0 Å². The number of rotatable bonds is 5. The number of fused-ring (bicyclic) bond motifs is 1. The van der Waals surface area contributed by atoms with E-state index in [1.54, 1.807) is 23.5 Å². The highest BCUT2D eigenvalue weighted by Crippen LogP contribution is 2.35. The van der Waals surface area contributed by atoms with E-state index < -0.39 is 0 Å². The van der Waals surface area contributed by atoms with Gasteiger partial charge in [0.2, 0.25) is 5.91 Å². The molecule has 1 aromatic carbocycles. The van der Waals surface area contributed by atoms with Gasteiger partial charge in [0.15, 0.2) is 0 Å². The van der Waals surface area contributed by atoms with Crippen LogP contribution in [0.1, 0.15) is 44.6 Å². The predicted octanol–water partition coefficient (Wildman–Crippen LogP) is 5.05. The van der Waals surface area contributed by atoms with E-state index in [2.05, 4.69) is 22.5 Å². The molecular formula is C19H24N2OS2. The molecule has 0 radical (unpaired) electrons. The first-order valence-corrected chi connectivity index (χ1v) is 10.5. The van der Waals surface area contributed by atoms with Crippen molar-refractivity contribution in [3.8, 4) is 0 Å². The molecule has 3 rings (SSSR count). The van der Waals surface area contributed by atoms with E-state index >= 15 is 0 Å². The molecule has 2 aliphatic rings. The maximum Gasteiger partial charge on any atom is 0.233 e. The molecule has 1 aliphatic heterocycles. The lowest BCUT2D eigenvalue weighted by Crippen LogP contribution is -2.32. The van der Waals surface area contributed by atoms with Crippen molar-refractivity contribution in [2.75, 3.05) is 6.54 Å². The molecule has 0 bridgehead atoms. The van der Waals surface area contributed by atoms with Crippen LogP contribution >= 0.6 is 23.5 Å². The van der Waals surface area contributed by atoms with Crippen molar-refractivity contribution in [2.45, 2.75) is 50.0 Å². The molecule has 1 aromatic rings. The van der Waals surface area contributed by atoms with Gasteiger partial charge in [-0.2, -0.15) is 0 Å². The van der Waals surface area contributed by atoms with Crippen LogP contribution in [0.25, 0.3) is 0 Å². The molecule has 128 valence electrons. The third kappa shape index (κ3) is 4.90. The molecule has 1 atom stereocenters. The van der Waals surface area contributed by atoms with Crippen LogP contribution in [-0.4, -0.2) is 22.1 Å². The zero-order valence-electron chi connectivity index (χ0n) is 14.1. The van der Waals surface area contributed by atoms with Gasteiger partial charge in [-0.15, -0.1) is 0 Å². The Balaban J connectivity index is 1.46. The second kappa shape index (κ2) is 8.77. The number of para-hydroxylation sites is 1. The molecule has 1 amide bonds. The number of amides is 1. The van der Waals surface area contributed by atoms with Gasteiger partial charge in [-0.3, -0.25) is 4.79 Å². The summed E-state index contributed by atoms with van der Waals surface area (Å²) in [5.74, 6) is 1.04. The van der Waals surface area contributed by atoms with Gasteiger partial charge in [-0.25, -0.2) is 4.99 Å². The molecule has 0 fully saturated rings. The first kappa shape index (κ1) is 17.6. The van der Waals surface area contributed by atoms with Crippen molar-refractivity contribution in [3.05, 3.63) is 41.5 Å². The Morgan fingerprint density at radius 2 is 2.25 bits per heavy atom. The van der Waals surface area contributed by atoms with Crippen LogP contribution in [0.4, 0.5) is 5.69 Å². The Morgan fingerprint density at radius 1 is 1.38 bits per heavy atom. The van der Waals surface area contributed by atoms with Crippen LogP contribution in [0.2, 0.25) is 0 Å². The fourth-order valence-electron chi connectivity index (χ4n) is 2.90. The first-order chi connectivity index (χ1) is 11.7. The maximum absolute atomic E-state index is 12.3. The van der Waals surface area contributed by atoms with Gasteiger partial charge in [-0.1, -0.05) is 53.4 Å². The smallest absolute Gasteiger partial charge is 0.233 e. The van der Waals surface area contributed by atoms with Gasteiger partial charge in [0.1, 0.15) is 4.38 Å². The molecule has 3 nitrogen and oxygen atoms in total. The zero-order chi connectivity index (χ0) is 16.8. The molecule has 1 N–H and O–H groups in total. The van der Waals surface area contributed by atoms with E-state index in [0.29, 0.717) is 0 Å². The third-order valence-electron chi connectivity index (χ3n) is 4.33. The lowest BCUT2D eigenvalue weighted by atomic mass is 9.97. The van der Waals surface area contributed by atoms with E-state index in [9.17, 15) is 4.79 Å². The Hall–Kier alpha value is -1.20. The van der Waals surface area contributed by atoms with Crippen LogP contribution in [0.5, 0.6) is 0 Å². The highest BCUT2D eigenvalue weighted by molar-refractivity contribution is 8.39. The van der Waals surface area contributed by atoms with Crippen molar-refractivity contribution in [1.82, 2.24) is 5.32 Å². The number of aliphatic imine (C=N–C) groups is 1. The molecule has 0 unspecified atom stereocenters. The van der Waals surface area contributed by atoms with Crippen molar-refractivity contribution >= 4 is 39.5 Å². The Morgan fingerprint density at radius 3 is 3.08 bits per heavy atom. The summed E-state index contributed by atoms with van der Waals surface area (Å²) in [6.45, 7) is 2.71. The largest absolute Gasteiger partial charge is 0.355 e. The molecule has 1 heterocycles. The Kier molecular flexibility index (Phi) is 6.44. The number of nitrogens with one attached hydrogen (secondary N) is 1. The van der Waals surface area contributed by atoms with E-state index in [-0.39, 0.29) is 11.2 Å². The van der Waals surface area contributed by atoms with Crippen LogP contribution in [-0.2, 0) is 10.5 Å². The van der Waals surface area contributed by atoms with Crippen LogP contribution in [0.15, 0.2) is 40.9 Å². The van der Waals surface area contributed by atoms with Crippen molar-refractivity contribution < 1.29 is 4.79 Å². The first-order valence-electron chi connectivity index (χ1n) is 8.64. The Labute approximate surface area is 152 Å². The summed E-state index contributed by atoms with van der Waals surface area (Å²) in [4.78, 5) is 17.0. The molecular weight excluding hydrogens is 336 g/mol. The highest BCUT2D eigenvalue weighted by Gasteiger charge is 2.19. The maximum atomic E-state index is 12.3. The number of hydrogen-bond acceptors (Lipinski definition) is 4. The zero-order valence-corrected chi connectivity index (χ0v) is 15.7. The minimum absolute atomic E-state index is 0.109. The van der Waals surface area contributed by atoms with Crippen LogP contribution in [0.3, 0.4) is 0 Å². The number of carbonyl (C=O) groups excluding carboxylic acids is 1. The lowest BCUT2D eigenvalue weighted by molar-refractivity contribution is -0.120. The molecule has 5 heteroatoms. The number of carbonyl (C=O) groups is 1. The quantitative estimate of drug-likeness (QED) is 0.747. The average Bonchev–Trinajstić information content (AvgIpc) is 2.62. The average molecular weight is 361 g/mol. The van der Waals surface area contributed by atoms with E-state index in [0.717, 1.165) is 28.8 Å². The van der Waals surface area contributed by atoms with Gasteiger partial charge in [0.25, 0.3) is 0 Å². The Bertz CT molecular complexity index is 655. The monoisotopic (exact) mass is 360 g/mol.